The monoisotopic (exact) mass is 860 g/mol. The fourth-order valence-electron chi connectivity index (χ4n) is 9.54. The summed E-state index contributed by atoms with van der Waals surface area (Å²) in [6.45, 7) is 5.59. The Kier molecular flexibility index (Phi) is 10.3. The number of carbonyl (C=O) groups excluding carboxylic acids is 5. The molecule has 61 heavy (non-hydrogen) atoms. The lowest BCUT2D eigenvalue weighted by atomic mass is 9.57. The molecule has 6 N–H and O–H groups in total. The lowest BCUT2D eigenvalue weighted by Crippen LogP contribution is -2.65. The highest BCUT2D eigenvalue weighted by Crippen LogP contribution is 2.54. The Hall–Kier alpha value is -5.76. The average molecular weight is 861 g/mol. The molecule has 17 nitrogen and oxygen atoms in total. The normalized spacial score (nSPS) is 25.0. The molecule has 322 valence electrons. The molecule has 19 heteroatoms. The highest BCUT2D eigenvalue weighted by molar-refractivity contribution is 8.00. The molecule has 8 rings (SSSR count). The third kappa shape index (κ3) is 6.30. The molecular formula is C42H45FN6O11S. The van der Waals surface area contributed by atoms with Crippen LogP contribution < -0.4 is 31.0 Å². The van der Waals surface area contributed by atoms with Gasteiger partial charge in [-0.25, -0.2) is 14.0 Å². The van der Waals surface area contributed by atoms with Crippen LogP contribution in [-0.2, 0) is 30.3 Å². The van der Waals surface area contributed by atoms with E-state index in [2.05, 4.69) is 5.32 Å². The number of nitrogens with one attached hydrogen (secondary N) is 1. The van der Waals surface area contributed by atoms with Crippen molar-refractivity contribution in [3.05, 3.63) is 73.9 Å². The summed E-state index contributed by atoms with van der Waals surface area (Å²) in [6.07, 6.45) is -1.65. The number of pyridine rings is 1. The second kappa shape index (κ2) is 15.0. The number of ether oxygens (including phenoxy) is 2. The van der Waals surface area contributed by atoms with Gasteiger partial charge in [-0.3, -0.25) is 24.1 Å². The van der Waals surface area contributed by atoms with Gasteiger partial charge < -0.3 is 50.2 Å². The van der Waals surface area contributed by atoms with Crippen molar-refractivity contribution >= 4 is 69.2 Å². The number of carbonyl (C=O) groups is 5. The Bertz CT molecular complexity index is 2620. The Morgan fingerprint density at radius 3 is 2.39 bits per heavy atom. The van der Waals surface area contributed by atoms with Gasteiger partial charge in [-0.2, -0.15) is 0 Å². The van der Waals surface area contributed by atoms with Crippen LogP contribution in [-0.4, -0.2) is 126 Å². The average Bonchev–Trinajstić information content (AvgIpc) is 3.19. The topological polar surface area (TPSA) is 234 Å². The number of aliphatic hydroxyl groups is 3. The molecule has 1 saturated carbocycles. The number of likely N-dealkylation sites (N-methyl/N-ethyl adjacent to an activating group) is 1. The van der Waals surface area contributed by atoms with Gasteiger partial charge in [0.2, 0.25) is 11.2 Å². The number of esters is 2. The highest BCUT2D eigenvalue weighted by atomic mass is 32.2. The number of nitrogens with zero attached hydrogens (tertiary/aromatic N) is 4. The molecule has 0 bridgehead atoms. The molecule has 0 spiro atoms. The lowest BCUT2D eigenvalue weighted by Gasteiger charge is -2.50. The van der Waals surface area contributed by atoms with Gasteiger partial charge in [0.25, 0.3) is 5.91 Å². The van der Waals surface area contributed by atoms with Crippen molar-refractivity contribution in [2.24, 2.45) is 17.6 Å². The Balaban J connectivity index is 1.12. The number of amides is 1. The quantitative estimate of drug-likeness (QED) is 0.124. The SMILES string of the molecule is CC(OC(=O)c1c2n(c3cc(N4CCNCC4)c(F)cc3c1=O)C(C)S2)C(=O)Oc1ccc(N(C)C)c2c1C(O)=C1C(=O)[C@@]3(O)C(O)=C(C(N)=O)C(=O)[C@H](N(C)C)[C@H]3C[C@H]1C2. The Labute approximate surface area is 352 Å². The lowest BCUT2D eigenvalue weighted by molar-refractivity contribution is -0.153. The van der Waals surface area contributed by atoms with Gasteiger partial charge in [0, 0.05) is 62.8 Å². The fourth-order valence-corrected chi connectivity index (χ4v) is 10.7. The van der Waals surface area contributed by atoms with Crippen molar-refractivity contribution in [2.75, 3.05) is 64.2 Å². The zero-order chi connectivity index (χ0) is 44.1. The summed E-state index contributed by atoms with van der Waals surface area (Å²) in [5, 5.41) is 38.5. The summed E-state index contributed by atoms with van der Waals surface area (Å²) in [5.41, 5.74) is 2.00. The summed E-state index contributed by atoms with van der Waals surface area (Å²) in [6, 6.07) is 4.50. The molecule has 3 aromatic rings. The maximum absolute atomic E-state index is 15.5. The zero-order valence-electron chi connectivity index (χ0n) is 34.2. The predicted octanol–water partition coefficient (Wildman–Crippen LogP) is 1.96. The third-order valence-corrected chi connectivity index (χ3v) is 13.6. The van der Waals surface area contributed by atoms with Crippen LogP contribution in [0.25, 0.3) is 16.7 Å². The fraction of sp³-hybridized carbons (Fsp3) is 0.429. The van der Waals surface area contributed by atoms with E-state index in [0.717, 1.165) is 6.07 Å². The van der Waals surface area contributed by atoms with Crippen LogP contribution in [0, 0.1) is 17.7 Å². The number of rotatable bonds is 8. The van der Waals surface area contributed by atoms with Crippen LogP contribution in [0.1, 0.15) is 47.1 Å². The summed E-state index contributed by atoms with van der Waals surface area (Å²) >= 11 is 1.25. The molecule has 5 aliphatic rings. The third-order valence-electron chi connectivity index (χ3n) is 12.4. The molecule has 1 saturated heterocycles. The van der Waals surface area contributed by atoms with E-state index in [1.54, 1.807) is 35.7 Å². The van der Waals surface area contributed by atoms with Crippen LogP contribution in [0.4, 0.5) is 15.8 Å². The molecule has 6 atom stereocenters. The number of anilines is 2. The number of hydrogen-bond acceptors (Lipinski definition) is 16. The smallest absolute Gasteiger partial charge is 0.352 e. The number of aliphatic hydroxyl groups excluding tert-OH is 2. The van der Waals surface area contributed by atoms with Gasteiger partial charge in [0.05, 0.1) is 33.2 Å². The van der Waals surface area contributed by atoms with Gasteiger partial charge in [-0.05, 0) is 76.5 Å². The highest BCUT2D eigenvalue weighted by Gasteiger charge is 2.64. The van der Waals surface area contributed by atoms with Gasteiger partial charge in [-0.1, -0.05) is 11.8 Å². The summed E-state index contributed by atoms with van der Waals surface area (Å²) in [7, 11) is 6.52. The van der Waals surface area contributed by atoms with Crippen LogP contribution >= 0.6 is 11.8 Å². The van der Waals surface area contributed by atoms with Crippen molar-refractivity contribution in [3.8, 4) is 5.75 Å². The predicted molar refractivity (Wildman–Crippen MR) is 221 cm³/mol. The standard InChI is InChI=1S/C42H45FN6O11S/c1-17(59-41(57)31-33(50)21-15-23(43)26(48-11-9-45-10-12-48)16-25(21)49-18(2)61-39(31)49)40(56)60-27-8-7-24(46(3)4)20-13-19-14-22-32(47(5)6)35(52)30(38(44)55)37(54)42(22,58)36(53)28(19)34(51)29(20)27/h7-8,15-19,22,32,45,51,54,58H,9-14H2,1-6H3,(H2,44,55)/t17?,18?,19-,22-,32-,42-/m1/s1. The molecule has 1 amide bonds. The van der Waals surface area contributed by atoms with Crippen LogP contribution in [0.5, 0.6) is 5.75 Å². The van der Waals surface area contributed by atoms with E-state index >= 15 is 4.39 Å². The number of thioether (sulfide) groups is 1. The first kappa shape index (κ1) is 42.0. The molecule has 0 radical (unpaired) electrons. The minimum Gasteiger partial charge on any atom is -0.508 e. The molecule has 2 aromatic carbocycles. The van der Waals surface area contributed by atoms with Crippen LogP contribution in [0.2, 0.25) is 0 Å². The first-order valence-electron chi connectivity index (χ1n) is 19.7. The number of primary amides is 1. The Morgan fingerprint density at radius 2 is 1.77 bits per heavy atom. The molecule has 3 aliphatic carbocycles. The molecule has 1 aromatic heterocycles. The summed E-state index contributed by atoms with van der Waals surface area (Å²) < 4.78 is 28.6. The molecule has 2 unspecified atom stereocenters. The Morgan fingerprint density at radius 1 is 1.08 bits per heavy atom. The summed E-state index contributed by atoms with van der Waals surface area (Å²) in [4.78, 5) is 86.7. The van der Waals surface area contributed by atoms with E-state index in [4.69, 9.17) is 15.2 Å². The first-order chi connectivity index (χ1) is 28.8. The van der Waals surface area contributed by atoms with E-state index < -0.39 is 87.3 Å². The van der Waals surface area contributed by atoms with Gasteiger partial charge >= 0.3 is 11.9 Å². The van der Waals surface area contributed by atoms with E-state index in [1.807, 2.05) is 11.8 Å². The second-order valence-electron chi connectivity index (χ2n) is 16.4. The largest absolute Gasteiger partial charge is 0.508 e. The molecule has 2 fully saturated rings. The van der Waals surface area contributed by atoms with Crippen LogP contribution in [0.3, 0.4) is 0 Å². The number of piperazine rings is 1. The van der Waals surface area contributed by atoms with Crippen molar-refractivity contribution in [1.82, 2.24) is 14.8 Å². The number of ketones is 2. The number of fused-ring (bicyclic) bond motifs is 6. The van der Waals surface area contributed by atoms with E-state index in [0.29, 0.717) is 53.7 Å². The summed E-state index contributed by atoms with van der Waals surface area (Å²) in [5.74, 6) is -10.4. The van der Waals surface area contributed by atoms with Gasteiger partial charge in [-0.15, -0.1) is 0 Å². The number of benzene rings is 2. The minimum atomic E-state index is -2.82. The van der Waals surface area contributed by atoms with Crippen molar-refractivity contribution in [3.63, 3.8) is 0 Å². The van der Waals surface area contributed by atoms with E-state index in [9.17, 15) is 44.1 Å². The number of Topliss-reactive ketones (excluding diaryl/α,β-unsaturated/α-hetero) is 2. The second-order valence-corrected chi connectivity index (χ2v) is 17.7. The van der Waals surface area contributed by atoms with Crippen molar-refractivity contribution in [2.45, 2.75) is 54.8 Å². The maximum atomic E-state index is 15.5. The number of aromatic nitrogens is 1. The number of hydrogen-bond donors (Lipinski definition) is 5. The first-order valence-corrected chi connectivity index (χ1v) is 20.6. The maximum Gasteiger partial charge on any atom is 0.352 e. The molecule has 2 aliphatic heterocycles. The number of nitrogens with two attached hydrogens (primary N) is 1. The van der Waals surface area contributed by atoms with Gasteiger partial charge in [0.15, 0.2) is 17.5 Å². The molecule has 3 heterocycles. The minimum absolute atomic E-state index is 0.0242. The van der Waals surface area contributed by atoms with Crippen LogP contribution in [0.15, 0.2) is 51.0 Å². The number of halogens is 1. The molecular weight excluding hydrogens is 816 g/mol. The zero-order valence-corrected chi connectivity index (χ0v) is 35.0. The van der Waals surface area contributed by atoms with E-state index in [1.165, 1.54) is 43.7 Å². The van der Waals surface area contributed by atoms with Crippen molar-refractivity contribution in [1.29, 1.82) is 0 Å². The van der Waals surface area contributed by atoms with E-state index in [-0.39, 0.29) is 46.1 Å². The van der Waals surface area contributed by atoms with Crippen molar-refractivity contribution < 1.29 is 53.2 Å². The van der Waals surface area contributed by atoms with Gasteiger partial charge in [0.1, 0.15) is 34.2 Å².